The fourth-order valence-electron chi connectivity index (χ4n) is 1.76. The van der Waals surface area contributed by atoms with Crippen LogP contribution in [0.1, 0.15) is 6.92 Å². The van der Waals surface area contributed by atoms with E-state index in [0.29, 0.717) is 6.04 Å². The minimum Gasteiger partial charge on any atom is -0.346 e. The normalized spacial score (nSPS) is 13.6. The number of hydrogen-bond donors (Lipinski definition) is 0. The van der Waals surface area contributed by atoms with Gasteiger partial charge in [0.1, 0.15) is 5.82 Å². The molecule has 2 aromatic rings. The lowest BCUT2D eigenvalue weighted by molar-refractivity contribution is 0.286. The van der Waals surface area contributed by atoms with Crippen LogP contribution in [0, 0.1) is 5.82 Å². The molecule has 1 heterocycles. The first-order chi connectivity index (χ1) is 7.58. The van der Waals surface area contributed by atoms with Crippen LogP contribution < -0.4 is 0 Å². The van der Waals surface area contributed by atoms with Crippen molar-refractivity contribution in [3.8, 4) is 0 Å². The Hall–Kier alpha value is -1.35. The molecule has 0 fully saturated rings. The van der Waals surface area contributed by atoms with Gasteiger partial charge in [-0.05, 0) is 50.7 Å². The molecule has 0 aliphatic rings. The third kappa shape index (κ3) is 2.09. The Balaban J connectivity index is 2.34. The van der Waals surface area contributed by atoms with Gasteiger partial charge < -0.3 is 9.47 Å². The van der Waals surface area contributed by atoms with Crippen molar-refractivity contribution in [3.05, 3.63) is 36.3 Å². The Morgan fingerprint density at radius 2 is 2.06 bits per heavy atom. The Bertz CT molecular complexity index is 488. The number of benzene rings is 1. The van der Waals surface area contributed by atoms with Crippen LogP contribution in [-0.4, -0.2) is 29.6 Å². The van der Waals surface area contributed by atoms with E-state index in [4.69, 9.17) is 0 Å². The van der Waals surface area contributed by atoms with Gasteiger partial charge in [-0.2, -0.15) is 0 Å². The first kappa shape index (κ1) is 11.1. The average molecular weight is 220 g/mol. The van der Waals surface area contributed by atoms with E-state index in [0.717, 1.165) is 17.4 Å². The minimum absolute atomic E-state index is 0.176. The van der Waals surface area contributed by atoms with E-state index in [9.17, 15) is 4.39 Å². The summed E-state index contributed by atoms with van der Waals surface area (Å²) in [5.74, 6) is -0.176. The second kappa shape index (κ2) is 4.26. The molecule has 2 nitrogen and oxygen atoms in total. The maximum Gasteiger partial charge on any atom is 0.125 e. The van der Waals surface area contributed by atoms with Crippen molar-refractivity contribution in [3.63, 3.8) is 0 Å². The highest BCUT2D eigenvalue weighted by molar-refractivity contribution is 5.80. The molecular formula is C13H17FN2. The predicted molar refractivity (Wildman–Crippen MR) is 65.0 cm³/mol. The van der Waals surface area contributed by atoms with Gasteiger partial charge in [-0.3, -0.25) is 0 Å². The van der Waals surface area contributed by atoms with Gasteiger partial charge in [-0.15, -0.1) is 0 Å². The molecule has 0 amide bonds. The Labute approximate surface area is 95.3 Å². The lowest BCUT2D eigenvalue weighted by Gasteiger charge is -2.20. The van der Waals surface area contributed by atoms with Crippen LogP contribution in [0.5, 0.6) is 0 Å². The van der Waals surface area contributed by atoms with Gasteiger partial charge >= 0.3 is 0 Å². The van der Waals surface area contributed by atoms with Crippen molar-refractivity contribution in [1.82, 2.24) is 9.47 Å². The predicted octanol–water partition coefficient (Wildman–Crippen LogP) is 2.73. The number of halogens is 1. The summed E-state index contributed by atoms with van der Waals surface area (Å²) < 4.78 is 15.3. The monoisotopic (exact) mass is 220 g/mol. The molecular weight excluding hydrogens is 203 g/mol. The summed E-state index contributed by atoms with van der Waals surface area (Å²) in [7, 11) is 4.11. The molecule has 3 heteroatoms. The molecule has 0 bridgehead atoms. The van der Waals surface area contributed by atoms with E-state index in [1.54, 1.807) is 6.07 Å². The third-order valence-corrected chi connectivity index (χ3v) is 3.08. The SMILES string of the molecule is CC(Cn1ccc2ccc(F)cc21)N(C)C. The van der Waals surface area contributed by atoms with Crippen LogP contribution in [0.25, 0.3) is 10.9 Å². The van der Waals surface area contributed by atoms with Gasteiger partial charge in [0.2, 0.25) is 0 Å². The third-order valence-electron chi connectivity index (χ3n) is 3.08. The summed E-state index contributed by atoms with van der Waals surface area (Å²) in [5, 5.41) is 1.09. The zero-order chi connectivity index (χ0) is 11.7. The van der Waals surface area contributed by atoms with Crippen LogP contribution in [0.3, 0.4) is 0 Å². The molecule has 1 atom stereocenters. The Morgan fingerprint density at radius 3 is 2.75 bits per heavy atom. The van der Waals surface area contributed by atoms with E-state index >= 15 is 0 Å². The van der Waals surface area contributed by atoms with Crippen LogP contribution >= 0.6 is 0 Å². The van der Waals surface area contributed by atoms with Crippen molar-refractivity contribution < 1.29 is 4.39 Å². The van der Waals surface area contributed by atoms with Gasteiger partial charge in [-0.25, -0.2) is 4.39 Å². The van der Waals surface area contributed by atoms with Crippen LogP contribution in [0.4, 0.5) is 4.39 Å². The fraction of sp³-hybridized carbons (Fsp3) is 0.385. The number of nitrogens with zero attached hydrogens (tertiary/aromatic N) is 2. The average Bonchev–Trinajstić information content (AvgIpc) is 2.61. The highest BCUT2D eigenvalue weighted by atomic mass is 19.1. The molecule has 0 aliphatic carbocycles. The van der Waals surface area contributed by atoms with Gasteiger partial charge in [0, 0.05) is 18.8 Å². The first-order valence-corrected chi connectivity index (χ1v) is 5.49. The number of likely N-dealkylation sites (N-methyl/N-ethyl adjacent to an activating group) is 1. The van der Waals surface area contributed by atoms with E-state index < -0.39 is 0 Å². The van der Waals surface area contributed by atoms with Gasteiger partial charge in [0.05, 0.1) is 5.52 Å². The van der Waals surface area contributed by atoms with Crippen molar-refractivity contribution in [2.24, 2.45) is 0 Å². The summed E-state index contributed by atoms with van der Waals surface area (Å²) in [6.07, 6.45) is 2.02. The lowest BCUT2D eigenvalue weighted by Crippen LogP contribution is -2.28. The van der Waals surface area contributed by atoms with E-state index in [1.807, 2.05) is 18.3 Å². The van der Waals surface area contributed by atoms with Crippen molar-refractivity contribution >= 4 is 10.9 Å². The fourth-order valence-corrected chi connectivity index (χ4v) is 1.76. The number of rotatable bonds is 3. The maximum atomic E-state index is 13.2. The zero-order valence-corrected chi connectivity index (χ0v) is 9.94. The summed E-state index contributed by atoms with van der Waals surface area (Å²) in [4.78, 5) is 2.16. The van der Waals surface area contributed by atoms with Crippen LogP contribution in [0.2, 0.25) is 0 Å². The molecule has 1 aromatic heterocycles. The highest BCUT2D eigenvalue weighted by Crippen LogP contribution is 2.17. The number of fused-ring (bicyclic) bond motifs is 1. The molecule has 0 saturated carbocycles. The van der Waals surface area contributed by atoms with Crippen molar-refractivity contribution in [2.75, 3.05) is 14.1 Å². The topological polar surface area (TPSA) is 8.17 Å². The van der Waals surface area contributed by atoms with Gasteiger partial charge in [0.25, 0.3) is 0 Å². The molecule has 1 unspecified atom stereocenters. The molecule has 16 heavy (non-hydrogen) atoms. The molecule has 86 valence electrons. The maximum absolute atomic E-state index is 13.2. The van der Waals surface area contributed by atoms with E-state index in [-0.39, 0.29) is 5.82 Å². The lowest BCUT2D eigenvalue weighted by atomic mass is 10.2. The van der Waals surface area contributed by atoms with Gasteiger partial charge in [-0.1, -0.05) is 0 Å². The largest absolute Gasteiger partial charge is 0.346 e. The van der Waals surface area contributed by atoms with Crippen molar-refractivity contribution in [2.45, 2.75) is 19.5 Å². The van der Waals surface area contributed by atoms with E-state index in [2.05, 4.69) is 30.5 Å². The summed E-state index contributed by atoms with van der Waals surface area (Å²) in [6, 6.07) is 7.37. The Morgan fingerprint density at radius 1 is 1.31 bits per heavy atom. The highest BCUT2D eigenvalue weighted by Gasteiger charge is 2.08. The van der Waals surface area contributed by atoms with E-state index in [1.165, 1.54) is 6.07 Å². The Kier molecular flexibility index (Phi) is 2.97. The molecule has 1 aromatic carbocycles. The molecule has 0 saturated heterocycles. The van der Waals surface area contributed by atoms with Gasteiger partial charge in [0.15, 0.2) is 0 Å². The van der Waals surface area contributed by atoms with Crippen LogP contribution in [-0.2, 0) is 6.54 Å². The zero-order valence-electron chi connectivity index (χ0n) is 9.94. The minimum atomic E-state index is -0.176. The quantitative estimate of drug-likeness (QED) is 0.772. The molecule has 0 N–H and O–H groups in total. The summed E-state index contributed by atoms with van der Waals surface area (Å²) in [5.41, 5.74) is 0.966. The molecule has 2 rings (SSSR count). The summed E-state index contributed by atoms with van der Waals surface area (Å²) in [6.45, 7) is 3.03. The van der Waals surface area contributed by atoms with Crippen LogP contribution in [0.15, 0.2) is 30.5 Å². The molecule has 0 aliphatic heterocycles. The second-order valence-corrected chi connectivity index (χ2v) is 4.48. The first-order valence-electron chi connectivity index (χ1n) is 5.49. The summed E-state index contributed by atoms with van der Waals surface area (Å²) >= 11 is 0. The molecule has 0 radical (unpaired) electrons. The van der Waals surface area contributed by atoms with Crippen molar-refractivity contribution in [1.29, 1.82) is 0 Å². The number of aromatic nitrogens is 1. The standard InChI is InChI=1S/C13H17FN2/c1-10(15(2)3)9-16-7-6-11-4-5-12(14)8-13(11)16/h4-8,10H,9H2,1-3H3. The molecule has 0 spiro atoms. The smallest absolute Gasteiger partial charge is 0.125 e. The second-order valence-electron chi connectivity index (χ2n) is 4.48. The number of hydrogen-bond acceptors (Lipinski definition) is 1.